The molecule has 0 aliphatic carbocycles. The lowest BCUT2D eigenvalue weighted by Gasteiger charge is -2.40. The van der Waals surface area contributed by atoms with Crippen molar-refractivity contribution in [3.8, 4) is 5.75 Å². The van der Waals surface area contributed by atoms with E-state index in [1.54, 1.807) is 31.4 Å². The predicted molar refractivity (Wildman–Crippen MR) is 120 cm³/mol. The minimum atomic E-state index is -1.54. The van der Waals surface area contributed by atoms with Gasteiger partial charge in [0, 0.05) is 16.5 Å². The van der Waals surface area contributed by atoms with E-state index in [0.29, 0.717) is 22.4 Å². The molecule has 5 unspecified atom stereocenters. The number of carbonyl (C=O) groups is 1. The van der Waals surface area contributed by atoms with Gasteiger partial charge in [0.1, 0.15) is 41.9 Å². The molecule has 0 bridgehead atoms. The molecule has 2 heterocycles. The first-order valence-electron chi connectivity index (χ1n) is 10.5. The van der Waals surface area contributed by atoms with E-state index in [-0.39, 0.29) is 5.78 Å². The summed E-state index contributed by atoms with van der Waals surface area (Å²) >= 11 is 0. The van der Waals surface area contributed by atoms with Crippen LogP contribution in [0.1, 0.15) is 33.2 Å². The van der Waals surface area contributed by atoms with Crippen molar-refractivity contribution in [2.45, 2.75) is 37.4 Å². The van der Waals surface area contributed by atoms with Gasteiger partial charge in [0.05, 0.1) is 20.0 Å². The Labute approximate surface area is 190 Å². The van der Waals surface area contributed by atoms with Crippen molar-refractivity contribution in [1.82, 2.24) is 0 Å². The first-order chi connectivity index (χ1) is 15.8. The van der Waals surface area contributed by atoms with Crippen LogP contribution in [0.4, 0.5) is 0 Å². The minimum absolute atomic E-state index is 0.270. The van der Waals surface area contributed by atoms with E-state index >= 15 is 0 Å². The lowest BCUT2D eigenvalue weighted by Crippen LogP contribution is -2.55. The van der Waals surface area contributed by atoms with Gasteiger partial charge in [0.15, 0.2) is 5.78 Å². The summed E-state index contributed by atoms with van der Waals surface area (Å²) in [6.45, 7) is 1.21. The van der Waals surface area contributed by atoms with Gasteiger partial charge in [-0.15, -0.1) is 0 Å². The predicted octanol–water partition coefficient (Wildman–Crippen LogP) is 2.16. The number of hydrogen-bond acceptors (Lipinski definition) is 8. The number of allylic oxidation sites excluding steroid dienone is 1. The molecule has 0 amide bonds. The zero-order chi connectivity index (χ0) is 23.7. The molecule has 4 N–H and O–H groups in total. The SMILES string of the molecule is COc1cc(C)c(C(=O)C=Cc2ccc3occc3c2)cc1C1OC(CO)C(O)C(O)C1O. The number of furan rings is 1. The van der Waals surface area contributed by atoms with Gasteiger partial charge in [-0.2, -0.15) is 0 Å². The summed E-state index contributed by atoms with van der Waals surface area (Å²) in [5.74, 6) is 0.0797. The number of hydrogen-bond donors (Lipinski definition) is 4. The first kappa shape index (κ1) is 23.2. The van der Waals surface area contributed by atoms with Crippen LogP contribution in [0.2, 0.25) is 0 Å². The molecule has 0 spiro atoms. The van der Waals surface area contributed by atoms with E-state index in [1.807, 2.05) is 24.3 Å². The Morgan fingerprint density at radius 1 is 1.09 bits per heavy atom. The highest BCUT2D eigenvalue weighted by molar-refractivity contribution is 6.08. The van der Waals surface area contributed by atoms with Gasteiger partial charge in [-0.3, -0.25) is 4.79 Å². The van der Waals surface area contributed by atoms with Crippen LogP contribution in [0.15, 0.2) is 53.2 Å². The van der Waals surface area contributed by atoms with Crippen LogP contribution in [0, 0.1) is 6.92 Å². The summed E-state index contributed by atoms with van der Waals surface area (Å²) in [5, 5.41) is 41.2. The lowest BCUT2D eigenvalue weighted by atomic mass is 9.88. The highest BCUT2D eigenvalue weighted by Gasteiger charge is 2.45. The van der Waals surface area contributed by atoms with Gasteiger partial charge in [-0.05, 0) is 54.5 Å². The number of carbonyl (C=O) groups excluding carboxylic acids is 1. The molecule has 0 saturated carbocycles. The van der Waals surface area contributed by atoms with Crippen LogP contribution in [-0.4, -0.2) is 64.3 Å². The fourth-order valence-electron chi connectivity index (χ4n) is 4.07. The maximum absolute atomic E-state index is 13.0. The largest absolute Gasteiger partial charge is 0.496 e. The lowest BCUT2D eigenvalue weighted by molar-refractivity contribution is -0.232. The summed E-state index contributed by atoms with van der Waals surface area (Å²) in [6, 6.07) is 10.6. The standard InChI is InChI=1S/C25H26O8/c1-13-9-20(31-2)17(25-24(30)23(29)22(28)21(12-26)33-25)11-16(13)18(27)5-3-14-4-6-19-15(10-14)7-8-32-19/h3-11,21-26,28-30H,12H2,1-2H3. The molecule has 8 nitrogen and oxygen atoms in total. The molecule has 5 atom stereocenters. The molecule has 4 rings (SSSR count). The van der Waals surface area contributed by atoms with Gasteiger partial charge in [-0.1, -0.05) is 12.1 Å². The molecular formula is C25H26O8. The molecule has 8 heteroatoms. The Bertz CT molecular complexity index is 1180. The second kappa shape index (κ2) is 9.46. The second-order valence-corrected chi connectivity index (χ2v) is 8.07. The minimum Gasteiger partial charge on any atom is -0.496 e. The third-order valence-corrected chi connectivity index (χ3v) is 5.94. The molecule has 2 aromatic carbocycles. The number of aliphatic hydroxyl groups is 4. The van der Waals surface area contributed by atoms with Crippen molar-refractivity contribution >= 4 is 22.8 Å². The van der Waals surface area contributed by atoms with Gasteiger partial charge in [0.25, 0.3) is 0 Å². The monoisotopic (exact) mass is 454 g/mol. The van der Waals surface area contributed by atoms with E-state index in [4.69, 9.17) is 13.9 Å². The Kier molecular flexibility index (Phi) is 6.64. The van der Waals surface area contributed by atoms with Crippen LogP contribution in [-0.2, 0) is 4.74 Å². The summed E-state index contributed by atoms with van der Waals surface area (Å²) in [6.07, 6.45) is -1.94. The van der Waals surface area contributed by atoms with Crippen LogP contribution in [0.3, 0.4) is 0 Å². The number of aliphatic hydroxyl groups excluding tert-OH is 4. The van der Waals surface area contributed by atoms with E-state index < -0.39 is 37.1 Å². The maximum Gasteiger partial charge on any atom is 0.186 e. The molecule has 1 saturated heterocycles. The van der Waals surface area contributed by atoms with E-state index in [0.717, 1.165) is 16.5 Å². The molecule has 1 fully saturated rings. The normalized spacial score (nSPS) is 25.6. The third-order valence-electron chi connectivity index (χ3n) is 5.94. The van der Waals surface area contributed by atoms with Gasteiger partial charge >= 0.3 is 0 Å². The van der Waals surface area contributed by atoms with Crippen LogP contribution >= 0.6 is 0 Å². The van der Waals surface area contributed by atoms with Crippen molar-refractivity contribution in [2.75, 3.05) is 13.7 Å². The van der Waals surface area contributed by atoms with Crippen LogP contribution in [0.5, 0.6) is 5.75 Å². The van der Waals surface area contributed by atoms with Crippen molar-refractivity contribution < 1.29 is 39.1 Å². The molecular weight excluding hydrogens is 428 g/mol. The summed E-state index contributed by atoms with van der Waals surface area (Å²) < 4.78 is 16.4. The Morgan fingerprint density at radius 2 is 1.88 bits per heavy atom. The van der Waals surface area contributed by atoms with Gasteiger partial charge in [-0.25, -0.2) is 0 Å². The third kappa shape index (κ3) is 4.44. The van der Waals surface area contributed by atoms with Crippen molar-refractivity contribution in [2.24, 2.45) is 0 Å². The summed E-state index contributed by atoms with van der Waals surface area (Å²) in [5.41, 5.74) is 2.94. The average molecular weight is 454 g/mol. The number of rotatable bonds is 6. The van der Waals surface area contributed by atoms with Crippen molar-refractivity contribution in [1.29, 1.82) is 0 Å². The van der Waals surface area contributed by atoms with Crippen molar-refractivity contribution in [3.63, 3.8) is 0 Å². The van der Waals surface area contributed by atoms with Gasteiger partial charge in [0.2, 0.25) is 0 Å². The number of methoxy groups -OCH3 is 1. The summed E-state index contributed by atoms with van der Waals surface area (Å²) in [4.78, 5) is 13.0. The Morgan fingerprint density at radius 3 is 2.61 bits per heavy atom. The molecule has 1 aliphatic heterocycles. The Balaban J connectivity index is 1.66. The average Bonchev–Trinajstić information content (AvgIpc) is 3.29. The first-order valence-corrected chi connectivity index (χ1v) is 10.5. The molecule has 33 heavy (non-hydrogen) atoms. The number of fused-ring (bicyclic) bond motifs is 1. The second-order valence-electron chi connectivity index (χ2n) is 8.07. The van der Waals surface area contributed by atoms with E-state index in [1.165, 1.54) is 13.2 Å². The zero-order valence-corrected chi connectivity index (χ0v) is 18.2. The van der Waals surface area contributed by atoms with E-state index in [9.17, 15) is 25.2 Å². The zero-order valence-electron chi connectivity index (χ0n) is 18.2. The molecule has 1 aliphatic rings. The quantitative estimate of drug-likeness (QED) is 0.329. The van der Waals surface area contributed by atoms with Crippen LogP contribution < -0.4 is 4.74 Å². The Hall–Kier alpha value is -3.01. The fourth-order valence-corrected chi connectivity index (χ4v) is 4.07. The fraction of sp³-hybridized carbons (Fsp3) is 0.320. The molecule has 174 valence electrons. The number of ketones is 1. The smallest absolute Gasteiger partial charge is 0.186 e. The number of aryl methyl sites for hydroxylation is 1. The van der Waals surface area contributed by atoms with E-state index in [2.05, 4.69) is 0 Å². The number of benzene rings is 2. The molecule has 0 radical (unpaired) electrons. The van der Waals surface area contributed by atoms with Crippen LogP contribution in [0.25, 0.3) is 17.0 Å². The molecule has 1 aromatic heterocycles. The maximum atomic E-state index is 13.0. The molecule has 3 aromatic rings. The topological polar surface area (TPSA) is 130 Å². The van der Waals surface area contributed by atoms with Crippen molar-refractivity contribution in [3.05, 3.63) is 71.0 Å². The van der Waals surface area contributed by atoms with Gasteiger partial charge < -0.3 is 34.3 Å². The number of ether oxygens (including phenoxy) is 2. The highest BCUT2D eigenvalue weighted by Crippen LogP contribution is 2.38. The summed E-state index contributed by atoms with van der Waals surface area (Å²) in [7, 11) is 1.44. The highest BCUT2D eigenvalue weighted by atomic mass is 16.5.